The second kappa shape index (κ2) is 4.46. The summed E-state index contributed by atoms with van der Waals surface area (Å²) in [6, 6.07) is 8.93. The topological polar surface area (TPSA) is 49.9 Å². The SMILES string of the molecule is CC(=O)c1ccc2[nH]c3c(C(C)=O)cc(Cl)cc3c2c1. The molecular weight excluding hydrogens is 274 g/mol. The van der Waals surface area contributed by atoms with Crippen molar-refractivity contribution in [2.75, 3.05) is 0 Å². The molecule has 0 fully saturated rings. The molecule has 0 atom stereocenters. The Balaban J connectivity index is 2.46. The van der Waals surface area contributed by atoms with Crippen molar-refractivity contribution >= 4 is 45.0 Å². The van der Waals surface area contributed by atoms with Crippen LogP contribution in [0.5, 0.6) is 0 Å². The summed E-state index contributed by atoms with van der Waals surface area (Å²) in [6.45, 7) is 3.04. The number of hydrogen-bond acceptors (Lipinski definition) is 2. The Hall–Kier alpha value is -2.13. The standard InChI is InChI=1S/C16H12ClNO2/c1-8(19)10-3-4-15-13(5-10)14-7-11(17)6-12(9(2)20)16(14)18-15/h3-7,18H,1-2H3. The molecule has 1 aromatic heterocycles. The van der Waals surface area contributed by atoms with Crippen LogP contribution in [0.25, 0.3) is 21.8 Å². The minimum absolute atomic E-state index is 0.00932. The van der Waals surface area contributed by atoms with E-state index in [0.717, 1.165) is 21.8 Å². The number of carbonyl (C=O) groups is 2. The Morgan fingerprint density at radius 3 is 2.40 bits per heavy atom. The van der Waals surface area contributed by atoms with E-state index < -0.39 is 0 Å². The van der Waals surface area contributed by atoms with Crippen molar-refractivity contribution in [1.82, 2.24) is 4.98 Å². The number of benzene rings is 2. The molecule has 1 N–H and O–H groups in total. The van der Waals surface area contributed by atoms with Crippen LogP contribution in [-0.4, -0.2) is 16.6 Å². The van der Waals surface area contributed by atoms with E-state index in [2.05, 4.69) is 4.98 Å². The van der Waals surface area contributed by atoms with Crippen LogP contribution in [0.2, 0.25) is 5.02 Å². The number of ketones is 2. The summed E-state index contributed by atoms with van der Waals surface area (Å²) in [5.74, 6) is -0.0362. The summed E-state index contributed by atoms with van der Waals surface area (Å²) >= 11 is 6.09. The van der Waals surface area contributed by atoms with E-state index >= 15 is 0 Å². The molecule has 0 bridgehead atoms. The lowest BCUT2D eigenvalue weighted by Crippen LogP contribution is -1.93. The molecule has 0 spiro atoms. The largest absolute Gasteiger partial charge is 0.354 e. The highest BCUT2D eigenvalue weighted by molar-refractivity contribution is 6.33. The lowest BCUT2D eigenvalue weighted by Gasteiger charge is -2.00. The molecule has 1 heterocycles. The number of aromatic nitrogens is 1. The summed E-state index contributed by atoms with van der Waals surface area (Å²) in [5.41, 5.74) is 2.85. The molecule has 0 saturated heterocycles. The summed E-state index contributed by atoms with van der Waals surface area (Å²) in [5, 5.41) is 2.27. The van der Waals surface area contributed by atoms with Gasteiger partial charge < -0.3 is 4.98 Å². The first kappa shape index (κ1) is 12.9. The van der Waals surface area contributed by atoms with Gasteiger partial charge in [0.15, 0.2) is 11.6 Å². The maximum Gasteiger partial charge on any atom is 0.161 e. The Morgan fingerprint density at radius 1 is 1.00 bits per heavy atom. The fraction of sp³-hybridized carbons (Fsp3) is 0.125. The maximum atomic E-state index is 11.7. The van der Waals surface area contributed by atoms with Gasteiger partial charge in [0.25, 0.3) is 0 Å². The van der Waals surface area contributed by atoms with Gasteiger partial charge in [-0.1, -0.05) is 11.6 Å². The summed E-state index contributed by atoms with van der Waals surface area (Å²) in [7, 11) is 0. The van der Waals surface area contributed by atoms with Gasteiger partial charge in [0.2, 0.25) is 0 Å². The monoisotopic (exact) mass is 285 g/mol. The van der Waals surface area contributed by atoms with Gasteiger partial charge in [0, 0.05) is 32.4 Å². The minimum Gasteiger partial charge on any atom is -0.354 e. The van der Waals surface area contributed by atoms with E-state index in [1.165, 1.54) is 13.8 Å². The first-order valence-corrected chi connectivity index (χ1v) is 6.62. The summed E-state index contributed by atoms with van der Waals surface area (Å²) in [4.78, 5) is 26.5. The van der Waals surface area contributed by atoms with Crippen LogP contribution in [0.15, 0.2) is 30.3 Å². The number of aromatic amines is 1. The first-order valence-electron chi connectivity index (χ1n) is 6.24. The zero-order chi connectivity index (χ0) is 14.4. The van der Waals surface area contributed by atoms with Gasteiger partial charge in [-0.2, -0.15) is 0 Å². The molecular formula is C16H12ClNO2. The Kier molecular flexibility index (Phi) is 2.87. The molecule has 0 aliphatic carbocycles. The minimum atomic E-state index is -0.0455. The van der Waals surface area contributed by atoms with Crippen LogP contribution in [0, 0.1) is 0 Å². The fourth-order valence-corrected chi connectivity index (χ4v) is 2.68. The lowest BCUT2D eigenvalue weighted by molar-refractivity contribution is 0.101. The number of halogens is 1. The highest BCUT2D eigenvalue weighted by Gasteiger charge is 2.13. The van der Waals surface area contributed by atoms with Gasteiger partial charge >= 0.3 is 0 Å². The van der Waals surface area contributed by atoms with Crippen molar-refractivity contribution in [3.63, 3.8) is 0 Å². The molecule has 0 aliphatic heterocycles. The zero-order valence-corrected chi connectivity index (χ0v) is 11.8. The van der Waals surface area contributed by atoms with Crippen LogP contribution >= 0.6 is 11.6 Å². The van der Waals surface area contributed by atoms with Crippen molar-refractivity contribution in [3.8, 4) is 0 Å². The number of rotatable bonds is 2. The summed E-state index contributed by atoms with van der Waals surface area (Å²) in [6.07, 6.45) is 0. The van der Waals surface area contributed by atoms with Crippen molar-refractivity contribution in [3.05, 3.63) is 46.5 Å². The molecule has 4 heteroatoms. The quantitative estimate of drug-likeness (QED) is 0.710. The van der Waals surface area contributed by atoms with E-state index in [-0.39, 0.29) is 11.6 Å². The van der Waals surface area contributed by atoms with Crippen LogP contribution in [0.3, 0.4) is 0 Å². The first-order chi connectivity index (χ1) is 9.47. The van der Waals surface area contributed by atoms with Crippen molar-refractivity contribution in [2.24, 2.45) is 0 Å². The number of hydrogen-bond donors (Lipinski definition) is 1. The van der Waals surface area contributed by atoms with Gasteiger partial charge in [0.05, 0.1) is 5.52 Å². The smallest absolute Gasteiger partial charge is 0.161 e. The van der Waals surface area contributed by atoms with Gasteiger partial charge in [-0.15, -0.1) is 0 Å². The van der Waals surface area contributed by atoms with Crippen molar-refractivity contribution in [2.45, 2.75) is 13.8 Å². The van der Waals surface area contributed by atoms with Crippen molar-refractivity contribution in [1.29, 1.82) is 0 Å². The summed E-state index contributed by atoms with van der Waals surface area (Å²) < 4.78 is 0. The molecule has 0 aliphatic rings. The molecule has 0 amide bonds. The molecule has 100 valence electrons. The van der Waals surface area contributed by atoms with Crippen molar-refractivity contribution < 1.29 is 9.59 Å². The Labute approximate surface area is 120 Å². The second-order valence-corrected chi connectivity index (χ2v) is 5.31. The van der Waals surface area contributed by atoms with Gasteiger partial charge in [-0.05, 0) is 44.2 Å². The highest BCUT2D eigenvalue weighted by Crippen LogP contribution is 2.31. The van der Waals surface area contributed by atoms with Gasteiger partial charge in [-0.3, -0.25) is 9.59 Å². The third kappa shape index (κ3) is 1.91. The molecule has 0 radical (unpaired) electrons. The number of nitrogens with one attached hydrogen (secondary N) is 1. The Bertz CT molecular complexity index is 877. The number of carbonyl (C=O) groups excluding carboxylic acids is 2. The fourth-order valence-electron chi connectivity index (χ4n) is 2.46. The van der Waals surface area contributed by atoms with E-state index in [1.807, 2.05) is 18.2 Å². The number of fused-ring (bicyclic) bond motifs is 3. The second-order valence-electron chi connectivity index (χ2n) is 4.87. The molecule has 3 nitrogen and oxygen atoms in total. The zero-order valence-electron chi connectivity index (χ0n) is 11.1. The Morgan fingerprint density at radius 2 is 1.75 bits per heavy atom. The van der Waals surface area contributed by atoms with E-state index in [9.17, 15) is 9.59 Å². The third-order valence-corrected chi connectivity index (χ3v) is 3.68. The third-order valence-electron chi connectivity index (χ3n) is 3.46. The normalized spacial score (nSPS) is 11.2. The predicted octanol–water partition coefficient (Wildman–Crippen LogP) is 4.38. The van der Waals surface area contributed by atoms with Crippen LogP contribution < -0.4 is 0 Å². The maximum absolute atomic E-state index is 11.7. The van der Waals surface area contributed by atoms with Crippen LogP contribution in [0.4, 0.5) is 0 Å². The molecule has 20 heavy (non-hydrogen) atoms. The molecule has 0 saturated carbocycles. The predicted molar refractivity (Wildman–Crippen MR) is 80.8 cm³/mol. The van der Waals surface area contributed by atoms with E-state index in [4.69, 9.17) is 11.6 Å². The van der Waals surface area contributed by atoms with Gasteiger partial charge in [-0.25, -0.2) is 0 Å². The number of Topliss-reactive ketones (excluding diaryl/α,β-unsaturated/α-hetero) is 2. The molecule has 3 rings (SSSR count). The van der Waals surface area contributed by atoms with E-state index in [0.29, 0.717) is 16.1 Å². The molecule has 2 aromatic carbocycles. The average Bonchev–Trinajstić information content (AvgIpc) is 2.75. The average molecular weight is 286 g/mol. The van der Waals surface area contributed by atoms with Gasteiger partial charge in [0.1, 0.15) is 0 Å². The molecule has 3 aromatic rings. The highest BCUT2D eigenvalue weighted by atomic mass is 35.5. The van der Waals surface area contributed by atoms with Crippen LogP contribution in [-0.2, 0) is 0 Å². The number of H-pyrrole nitrogens is 1. The molecule has 0 unspecified atom stereocenters. The lowest BCUT2D eigenvalue weighted by atomic mass is 10.0. The van der Waals surface area contributed by atoms with Crippen LogP contribution in [0.1, 0.15) is 34.6 Å². The van der Waals surface area contributed by atoms with E-state index in [1.54, 1.807) is 12.1 Å².